The van der Waals surface area contributed by atoms with Crippen molar-refractivity contribution in [3.63, 3.8) is 0 Å². The summed E-state index contributed by atoms with van der Waals surface area (Å²) in [5.74, 6) is 0.534. The van der Waals surface area contributed by atoms with Crippen molar-refractivity contribution in [2.24, 2.45) is 0 Å². The normalized spacial score (nSPS) is 21.5. The Kier molecular flexibility index (Phi) is 4.34. The second-order valence-electron chi connectivity index (χ2n) is 7.70. The summed E-state index contributed by atoms with van der Waals surface area (Å²) in [4.78, 5) is 39.3. The van der Waals surface area contributed by atoms with Crippen LogP contribution in [0.25, 0.3) is 0 Å². The molecular formula is C22H21N3O5. The maximum atomic E-state index is 13.2. The van der Waals surface area contributed by atoms with Crippen LogP contribution in [0.1, 0.15) is 29.5 Å². The van der Waals surface area contributed by atoms with Gasteiger partial charge >= 0.3 is 6.03 Å². The topological polar surface area (TPSA) is 97.0 Å². The zero-order valence-electron chi connectivity index (χ0n) is 16.3. The number of amides is 4. The smallest absolute Gasteiger partial charge is 0.325 e. The number of urea groups is 1. The van der Waals surface area contributed by atoms with Gasteiger partial charge in [-0.3, -0.25) is 14.5 Å². The average molecular weight is 407 g/mol. The molecule has 8 nitrogen and oxygen atoms in total. The zero-order valence-corrected chi connectivity index (χ0v) is 16.3. The monoisotopic (exact) mass is 407 g/mol. The van der Waals surface area contributed by atoms with Gasteiger partial charge in [-0.05, 0) is 48.1 Å². The zero-order chi connectivity index (χ0) is 20.7. The van der Waals surface area contributed by atoms with Crippen LogP contribution in [0.5, 0.6) is 11.5 Å². The van der Waals surface area contributed by atoms with Crippen LogP contribution in [0.4, 0.5) is 4.79 Å². The molecule has 0 radical (unpaired) electrons. The van der Waals surface area contributed by atoms with Crippen molar-refractivity contribution < 1.29 is 23.9 Å². The van der Waals surface area contributed by atoms with E-state index in [4.69, 9.17) is 9.47 Å². The summed E-state index contributed by atoms with van der Waals surface area (Å²) in [5.41, 5.74) is 1.66. The lowest BCUT2D eigenvalue weighted by molar-refractivity contribution is -0.135. The molecule has 4 amide bonds. The first kappa shape index (κ1) is 18.5. The van der Waals surface area contributed by atoms with E-state index in [1.165, 1.54) is 0 Å². The summed E-state index contributed by atoms with van der Waals surface area (Å²) in [7, 11) is 0. The molecule has 3 aliphatic rings. The molecule has 2 heterocycles. The number of aryl methyl sites for hydroxylation is 1. The fourth-order valence-electron chi connectivity index (χ4n) is 4.41. The van der Waals surface area contributed by atoms with Gasteiger partial charge in [0.05, 0.1) is 0 Å². The largest absolute Gasteiger partial charge is 0.454 e. The van der Waals surface area contributed by atoms with Crippen LogP contribution in [0.15, 0.2) is 42.5 Å². The molecule has 0 bridgehead atoms. The van der Waals surface area contributed by atoms with Crippen LogP contribution < -0.4 is 20.1 Å². The molecule has 0 saturated carbocycles. The maximum absolute atomic E-state index is 13.2. The van der Waals surface area contributed by atoms with Crippen molar-refractivity contribution >= 4 is 17.8 Å². The van der Waals surface area contributed by atoms with Gasteiger partial charge < -0.3 is 20.1 Å². The molecule has 2 N–H and O–H groups in total. The number of carbonyl (C=O) groups excluding carboxylic acids is 3. The van der Waals surface area contributed by atoms with Crippen molar-refractivity contribution in [3.05, 3.63) is 59.2 Å². The van der Waals surface area contributed by atoms with E-state index < -0.39 is 17.5 Å². The molecule has 2 aromatic rings. The molecule has 2 aliphatic heterocycles. The Bertz CT molecular complexity index is 1050. The van der Waals surface area contributed by atoms with Crippen LogP contribution in [0, 0.1) is 0 Å². The van der Waals surface area contributed by atoms with E-state index in [0.29, 0.717) is 17.9 Å². The lowest BCUT2D eigenvalue weighted by Crippen LogP contribution is -2.47. The molecule has 1 spiro atoms. The van der Waals surface area contributed by atoms with E-state index >= 15 is 0 Å². The highest BCUT2D eigenvalue weighted by Crippen LogP contribution is 2.39. The summed E-state index contributed by atoms with van der Waals surface area (Å²) in [6.07, 6.45) is 2.20. The van der Waals surface area contributed by atoms with Crippen LogP contribution in [-0.2, 0) is 28.1 Å². The van der Waals surface area contributed by atoms with Crippen LogP contribution >= 0.6 is 0 Å². The number of nitrogens with zero attached hydrogens (tertiary/aromatic N) is 1. The first-order valence-electron chi connectivity index (χ1n) is 9.94. The molecular weight excluding hydrogens is 386 g/mol. The predicted molar refractivity (Wildman–Crippen MR) is 106 cm³/mol. The van der Waals surface area contributed by atoms with E-state index in [2.05, 4.69) is 10.6 Å². The minimum absolute atomic E-state index is 0.183. The quantitative estimate of drug-likeness (QED) is 0.754. The molecule has 1 saturated heterocycles. The Balaban J connectivity index is 1.27. The number of carbonyl (C=O) groups is 3. The number of hydrogen-bond acceptors (Lipinski definition) is 5. The highest BCUT2D eigenvalue weighted by atomic mass is 16.7. The van der Waals surface area contributed by atoms with Gasteiger partial charge in [-0.15, -0.1) is 0 Å². The Morgan fingerprint density at radius 1 is 1.13 bits per heavy atom. The molecule has 154 valence electrons. The third-order valence-corrected chi connectivity index (χ3v) is 5.88. The molecule has 1 fully saturated rings. The lowest BCUT2D eigenvalue weighted by Gasteiger charge is -2.33. The summed E-state index contributed by atoms with van der Waals surface area (Å²) in [5, 5.41) is 5.62. The minimum atomic E-state index is -1.07. The predicted octanol–water partition coefficient (Wildman–Crippen LogP) is 1.82. The number of fused-ring (bicyclic) bond motifs is 3. The average Bonchev–Trinajstić information content (AvgIpc) is 3.31. The van der Waals surface area contributed by atoms with Gasteiger partial charge in [0.25, 0.3) is 5.91 Å². The van der Waals surface area contributed by atoms with Crippen molar-refractivity contribution in [3.8, 4) is 11.5 Å². The Hall–Kier alpha value is -3.55. The second kappa shape index (κ2) is 7.05. The van der Waals surface area contributed by atoms with Gasteiger partial charge in [0, 0.05) is 6.54 Å². The Labute approximate surface area is 173 Å². The SMILES string of the molecule is O=C(CN1C(=O)N[C@]2(CCCc3ccccc32)C1=O)NCc1ccc2c(c1)OCO2. The van der Waals surface area contributed by atoms with E-state index in [9.17, 15) is 14.4 Å². The van der Waals surface area contributed by atoms with Crippen LogP contribution in [0.3, 0.4) is 0 Å². The fourth-order valence-corrected chi connectivity index (χ4v) is 4.41. The van der Waals surface area contributed by atoms with Gasteiger partial charge in [-0.1, -0.05) is 30.3 Å². The molecule has 5 rings (SSSR count). The van der Waals surface area contributed by atoms with E-state index in [0.717, 1.165) is 34.4 Å². The second-order valence-corrected chi connectivity index (χ2v) is 7.70. The van der Waals surface area contributed by atoms with Crippen LogP contribution in [-0.4, -0.2) is 36.1 Å². The minimum Gasteiger partial charge on any atom is -0.454 e. The Morgan fingerprint density at radius 3 is 2.87 bits per heavy atom. The third kappa shape index (κ3) is 2.96. The fraction of sp³-hybridized carbons (Fsp3) is 0.318. The van der Waals surface area contributed by atoms with Crippen molar-refractivity contribution in [1.82, 2.24) is 15.5 Å². The summed E-state index contributed by atoms with van der Waals surface area (Å²) >= 11 is 0. The highest BCUT2D eigenvalue weighted by Gasteiger charge is 2.54. The number of nitrogens with one attached hydrogen (secondary N) is 2. The summed E-state index contributed by atoms with van der Waals surface area (Å²) in [6.45, 7) is 0.119. The van der Waals surface area contributed by atoms with E-state index in [-0.39, 0.29) is 25.8 Å². The van der Waals surface area contributed by atoms with Gasteiger partial charge in [-0.25, -0.2) is 4.79 Å². The number of ether oxygens (including phenoxy) is 2. The number of imide groups is 1. The van der Waals surface area contributed by atoms with Gasteiger partial charge in [0.15, 0.2) is 11.5 Å². The van der Waals surface area contributed by atoms with E-state index in [1.54, 1.807) is 12.1 Å². The third-order valence-electron chi connectivity index (χ3n) is 5.88. The number of rotatable bonds is 4. The molecule has 0 unspecified atom stereocenters. The number of benzene rings is 2. The summed E-state index contributed by atoms with van der Waals surface area (Å²) < 4.78 is 10.6. The first-order valence-corrected chi connectivity index (χ1v) is 9.94. The molecule has 1 aliphatic carbocycles. The van der Waals surface area contributed by atoms with Crippen molar-refractivity contribution in [2.75, 3.05) is 13.3 Å². The van der Waals surface area contributed by atoms with Crippen LogP contribution in [0.2, 0.25) is 0 Å². The van der Waals surface area contributed by atoms with Gasteiger partial charge in [0.1, 0.15) is 12.1 Å². The number of hydrogen-bond donors (Lipinski definition) is 2. The molecule has 30 heavy (non-hydrogen) atoms. The lowest BCUT2D eigenvalue weighted by atomic mass is 9.76. The molecule has 8 heteroatoms. The highest BCUT2D eigenvalue weighted by molar-refractivity contribution is 6.09. The van der Waals surface area contributed by atoms with Crippen molar-refractivity contribution in [2.45, 2.75) is 31.3 Å². The maximum Gasteiger partial charge on any atom is 0.325 e. The van der Waals surface area contributed by atoms with Gasteiger partial charge in [-0.2, -0.15) is 0 Å². The molecule has 2 aromatic carbocycles. The summed E-state index contributed by atoms with van der Waals surface area (Å²) in [6, 6.07) is 12.5. The van der Waals surface area contributed by atoms with Gasteiger partial charge in [0.2, 0.25) is 12.7 Å². The molecule has 0 aromatic heterocycles. The molecule has 1 atom stereocenters. The standard InChI is InChI=1S/C22H21N3O5/c26-19(23-11-14-7-8-17-18(10-14)30-13-29-17)12-25-20(27)22(24-21(25)28)9-3-5-15-4-1-2-6-16(15)22/h1-2,4,6-8,10H,3,5,9,11-13H2,(H,23,26)(H,24,28)/t22-/m0/s1. The van der Waals surface area contributed by atoms with E-state index in [1.807, 2.05) is 30.3 Å². The Morgan fingerprint density at radius 2 is 1.97 bits per heavy atom. The van der Waals surface area contributed by atoms with Crippen molar-refractivity contribution in [1.29, 1.82) is 0 Å². The first-order chi connectivity index (χ1) is 14.6.